The highest BCUT2D eigenvalue weighted by atomic mass is 19.4. The fourth-order valence-corrected chi connectivity index (χ4v) is 1.01. The normalized spacial score (nSPS) is 11.2. The monoisotopic (exact) mass is 238 g/mol. The van der Waals surface area contributed by atoms with Gasteiger partial charge in [-0.25, -0.2) is 9.59 Å². The van der Waals surface area contributed by atoms with Crippen LogP contribution in [0.25, 0.3) is 0 Å². The van der Waals surface area contributed by atoms with Gasteiger partial charge in [0.05, 0.1) is 7.11 Å². The Hall–Kier alpha value is -2.06. The standard InChI is InChI=1S/C7H5F3N2O4/c1-16-5(14)3-2(7(8,9)10)4(13)12-6(15)11-3/h1H3,(H2,11,12,13,15). The quantitative estimate of drug-likeness (QED) is 0.666. The highest BCUT2D eigenvalue weighted by Gasteiger charge is 2.39. The molecule has 0 fully saturated rings. The summed E-state index contributed by atoms with van der Waals surface area (Å²) in [6.07, 6.45) is -5.07. The van der Waals surface area contributed by atoms with Crippen molar-refractivity contribution < 1.29 is 22.7 Å². The maximum absolute atomic E-state index is 12.4. The Labute approximate surface area is 85.1 Å². The van der Waals surface area contributed by atoms with E-state index in [-0.39, 0.29) is 0 Å². The molecular weight excluding hydrogens is 233 g/mol. The molecule has 0 unspecified atom stereocenters. The number of aromatic amines is 2. The smallest absolute Gasteiger partial charge is 0.424 e. The number of ether oxygens (including phenoxy) is 1. The van der Waals surface area contributed by atoms with Gasteiger partial charge in [0.15, 0.2) is 5.56 Å². The lowest BCUT2D eigenvalue weighted by atomic mass is 10.2. The number of hydrogen-bond donors (Lipinski definition) is 2. The van der Waals surface area contributed by atoms with Crippen LogP contribution < -0.4 is 11.2 Å². The summed E-state index contributed by atoms with van der Waals surface area (Å²) in [7, 11) is 0.821. The van der Waals surface area contributed by atoms with Gasteiger partial charge in [0.25, 0.3) is 5.56 Å². The summed E-state index contributed by atoms with van der Waals surface area (Å²) < 4.78 is 41.2. The van der Waals surface area contributed by atoms with Crippen LogP contribution in [-0.2, 0) is 10.9 Å². The molecule has 9 heteroatoms. The average molecular weight is 238 g/mol. The number of nitrogens with one attached hydrogen (secondary N) is 2. The molecular formula is C7H5F3N2O4. The molecule has 0 aliphatic heterocycles. The van der Waals surface area contributed by atoms with E-state index < -0.39 is 34.7 Å². The van der Waals surface area contributed by atoms with Gasteiger partial charge in [-0.05, 0) is 0 Å². The summed E-state index contributed by atoms with van der Waals surface area (Å²) in [5.41, 5.74) is -5.93. The van der Waals surface area contributed by atoms with Crippen LogP contribution in [0.1, 0.15) is 16.1 Å². The minimum absolute atomic E-state index is 0.821. The summed E-state index contributed by atoms with van der Waals surface area (Å²) in [5.74, 6) is -1.45. The summed E-state index contributed by atoms with van der Waals surface area (Å²) >= 11 is 0. The molecule has 1 aromatic rings. The molecule has 0 saturated carbocycles. The van der Waals surface area contributed by atoms with Crippen LogP contribution in [0.4, 0.5) is 13.2 Å². The highest BCUT2D eigenvalue weighted by Crippen LogP contribution is 2.27. The van der Waals surface area contributed by atoms with Crippen LogP contribution in [0, 0.1) is 0 Å². The molecule has 0 radical (unpaired) electrons. The number of hydrogen-bond acceptors (Lipinski definition) is 4. The number of halogens is 3. The second-order valence-corrected chi connectivity index (χ2v) is 2.65. The van der Waals surface area contributed by atoms with Crippen LogP contribution in [0.15, 0.2) is 9.59 Å². The van der Waals surface area contributed by atoms with Gasteiger partial charge in [0.2, 0.25) is 0 Å². The number of aromatic nitrogens is 2. The maximum Gasteiger partial charge on any atom is 0.424 e. The number of carbonyl (C=O) groups excluding carboxylic acids is 1. The Kier molecular flexibility index (Phi) is 2.88. The third-order valence-corrected chi connectivity index (χ3v) is 1.62. The molecule has 0 amide bonds. The molecule has 16 heavy (non-hydrogen) atoms. The van der Waals surface area contributed by atoms with Crippen molar-refractivity contribution in [3.8, 4) is 0 Å². The first-order chi connectivity index (χ1) is 7.27. The van der Waals surface area contributed by atoms with Crippen LogP contribution in [0.2, 0.25) is 0 Å². The van der Waals surface area contributed by atoms with E-state index in [1.807, 2.05) is 0 Å². The molecule has 2 N–H and O–H groups in total. The Bertz CT molecular complexity index is 528. The van der Waals surface area contributed by atoms with Gasteiger partial charge in [-0.2, -0.15) is 13.2 Å². The molecule has 1 aromatic heterocycles. The first kappa shape index (κ1) is 12.0. The van der Waals surface area contributed by atoms with Crippen molar-refractivity contribution in [3.05, 3.63) is 32.1 Å². The number of alkyl halides is 3. The van der Waals surface area contributed by atoms with Crippen LogP contribution >= 0.6 is 0 Å². The molecule has 6 nitrogen and oxygen atoms in total. The number of carbonyl (C=O) groups is 1. The third kappa shape index (κ3) is 2.12. The molecule has 0 aromatic carbocycles. The van der Waals surface area contributed by atoms with Gasteiger partial charge in [0, 0.05) is 0 Å². The SMILES string of the molecule is COC(=O)c1[nH]c(=O)[nH]c(=O)c1C(F)(F)F. The van der Waals surface area contributed by atoms with Crippen molar-refractivity contribution in [2.24, 2.45) is 0 Å². The molecule has 0 aliphatic carbocycles. The second-order valence-electron chi connectivity index (χ2n) is 2.65. The van der Waals surface area contributed by atoms with Gasteiger partial charge in [-0.3, -0.25) is 9.78 Å². The Balaban J connectivity index is 3.64. The van der Waals surface area contributed by atoms with Gasteiger partial charge in [-0.1, -0.05) is 0 Å². The second kappa shape index (κ2) is 3.83. The minimum Gasteiger partial charge on any atom is -0.464 e. The first-order valence-corrected chi connectivity index (χ1v) is 3.79. The summed E-state index contributed by atoms with van der Waals surface area (Å²) in [6, 6.07) is 0. The summed E-state index contributed by atoms with van der Waals surface area (Å²) in [5, 5.41) is 0. The minimum atomic E-state index is -5.07. The fourth-order valence-electron chi connectivity index (χ4n) is 1.01. The van der Waals surface area contributed by atoms with Crippen molar-refractivity contribution >= 4 is 5.97 Å². The van der Waals surface area contributed by atoms with Gasteiger partial charge in [0.1, 0.15) is 5.69 Å². The summed E-state index contributed by atoms with van der Waals surface area (Å²) in [4.78, 5) is 35.5. The predicted octanol–water partition coefficient (Wildman–Crippen LogP) is -0.131. The lowest BCUT2D eigenvalue weighted by Gasteiger charge is -2.08. The maximum atomic E-state index is 12.4. The zero-order chi connectivity index (χ0) is 12.5. The van der Waals surface area contributed by atoms with Gasteiger partial charge < -0.3 is 9.72 Å². The molecule has 0 atom stereocenters. The molecule has 88 valence electrons. The molecule has 1 rings (SSSR count). The Morgan fingerprint density at radius 3 is 2.25 bits per heavy atom. The summed E-state index contributed by atoms with van der Waals surface area (Å²) in [6.45, 7) is 0. The van der Waals surface area contributed by atoms with Crippen LogP contribution in [0.5, 0.6) is 0 Å². The van der Waals surface area contributed by atoms with E-state index in [9.17, 15) is 27.6 Å². The average Bonchev–Trinajstić information content (AvgIpc) is 2.12. The van der Waals surface area contributed by atoms with Crippen molar-refractivity contribution in [2.75, 3.05) is 7.11 Å². The largest absolute Gasteiger partial charge is 0.464 e. The van der Waals surface area contributed by atoms with E-state index in [1.165, 1.54) is 4.98 Å². The molecule has 0 bridgehead atoms. The van der Waals surface area contributed by atoms with E-state index in [1.54, 1.807) is 4.98 Å². The van der Waals surface area contributed by atoms with E-state index in [0.29, 0.717) is 0 Å². The lowest BCUT2D eigenvalue weighted by molar-refractivity contribution is -0.139. The Morgan fingerprint density at radius 2 is 1.81 bits per heavy atom. The van der Waals surface area contributed by atoms with Crippen molar-refractivity contribution in [3.63, 3.8) is 0 Å². The van der Waals surface area contributed by atoms with E-state index in [0.717, 1.165) is 7.11 Å². The van der Waals surface area contributed by atoms with Crippen molar-refractivity contribution in [1.29, 1.82) is 0 Å². The van der Waals surface area contributed by atoms with E-state index in [2.05, 4.69) is 4.74 Å². The van der Waals surface area contributed by atoms with Crippen molar-refractivity contribution in [2.45, 2.75) is 6.18 Å². The number of rotatable bonds is 1. The molecule has 1 heterocycles. The van der Waals surface area contributed by atoms with Crippen molar-refractivity contribution in [1.82, 2.24) is 9.97 Å². The number of esters is 1. The van der Waals surface area contributed by atoms with Gasteiger partial charge >= 0.3 is 17.8 Å². The number of methoxy groups -OCH3 is 1. The predicted molar refractivity (Wildman–Crippen MR) is 44.0 cm³/mol. The fraction of sp³-hybridized carbons (Fsp3) is 0.286. The first-order valence-electron chi connectivity index (χ1n) is 3.79. The molecule has 0 saturated heterocycles. The molecule has 0 aliphatic rings. The zero-order valence-electron chi connectivity index (χ0n) is 7.77. The van der Waals surface area contributed by atoms with E-state index in [4.69, 9.17) is 0 Å². The van der Waals surface area contributed by atoms with Crippen LogP contribution in [-0.4, -0.2) is 23.0 Å². The topological polar surface area (TPSA) is 92.0 Å². The number of H-pyrrole nitrogens is 2. The lowest BCUT2D eigenvalue weighted by Crippen LogP contribution is -2.34. The van der Waals surface area contributed by atoms with Gasteiger partial charge in [-0.15, -0.1) is 0 Å². The highest BCUT2D eigenvalue weighted by molar-refractivity contribution is 5.88. The molecule has 0 spiro atoms. The zero-order valence-corrected chi connectivity index (χ0v) is 7.77. The third-order valence-electron chi connectivity index (χ3n) is 1.62. The van der Waals surface area contributed by atoms with E-state index >= 15 is 0 Å². The Morgan fingerprint density at radius 1 is 1.25 bits per heavy atom. The van der Waals surface area contributed by atoms with Crippen LogP contribution in [0.3, 0.4) is 0 Å².